The fraction of sp³-hybridized carbons (Fsp3) is 0.500. The van der Waals surface area contributed by atoms with Crippen molar-refractivity contribution in [3.8, 4) is 0 Å². The molecule has 0 radical (unpaired) electrons. The summed E-state index contributed by atoms with van der Waals surface area (Å²) in [4.78, 5) is 19.3. The molecule has 1 aliphatic heterocycles. The second kappa shape index (κ2) is 7.00. The zero-order valence-corrected chi connectivity index (χ0v) is 14.7. The van der Waals surface area contributed by atoms with E-state index in [1.165, 1.54) is 12.1 Å². The molecule has 5 heteroatoms. The third-order valence-corrected chi connectivity index (χ3v) is 5.28. The van der Waals surface area contributed by atoms with Gasteiger partial charge in [0.05, 0.1) is 31.5 Å². The standard InChI is InChI=1S/C20H25N3O2/c1-15-5-2-8-17(21-15)14-25-19-12-22-10-4-9-18(22)11-23(13-19)20(24)16-6-3-7-16/h2,4-5,8-10,16,19H,3,6-7,11-14H2,1H3/t19-/m1/s1. The Bertz CT molecular complexity index is 751. The number of pyridine rings is 1. The van der Waals surface area contributed by atoms with Gasteiger partial charge in [0.15, 0.2) is 0 Å². The number of hydrogen-bond donors (Lipinski definition) is 0. The van der Waals surface area contributed by atoms with Crippen molar-refractivity contribution in [3.63, 3.8) is 0 Å². The summed E-state index contributed by atoms with van der Waals surface area (Å²) in [6.07, 6.45) is 5.32. The molecule has 3 heterocycles. The van der Waals surface area contributed by atoms with Crippen molar-refractivity contribution in [2.45, 2.75) is 52.0 Å². The first-order valence-corrected chi connectivity index (χ1v) is 9.16. The van der Waals surface area contributed by atoms with Gasteiger partial charge in [-0.05, 0) is 44.0 Å². The zero-order valence-electron chi connectivity index (χ0n) is 14.7. The van der Waals surface area contributed by atoms with Crippen molar-refractivity contribution in [1.29, 1.82) is 0 Å². The van der Waals surface area contributed by atoms with Crippen LogP contribution in [0.2, 0.25) is 0 Å². The lowest BCUT2D eigenvalue weighted by Crippen LogP contribution is -2.42. The first kappa shape index (κ1) is 16.3. The molecule has 25 heavy (non-hydrogen) atoms. The van der Waals surface area contributed by atoms with Crippen LogP contribution in [0.15, 0.2) is 36.5 Å². The Morgan fingerprint density at radius 1 is 1.24 bits per heavy atom. The molecule has 0 spiro atoms. The molecule has 0 N–H and O–H groups in total. The van der Waals surface area contributed by atoms with Gasteiger partial charge in [-0.15, -0.1) is 0 Å². The van der Waals surface area contributed by atoms with Gasteiger partial charge in [0.1, 0.15) is 0 Å². The molecule has 2 aromatic heterocycles. The molecule has 1 atom stereocenters. The normalized spacial score (nSPS) is 20.7. The van der Waals surface area contributed by atoms with Crippen LogP contribution in [0.4, 0.5) is 0 Å². The number of ether oxygens (including phenoxy) is 1. The zero-order chi connectivity index (χ0) is 17.2. The predicted molar refractivity (Wildman–Crippen MR) is 94.7 cm³/mol. The molecule has 1 amide bonds. The van der Waals surface area contributed by atoms with Gasteiger partial charge in [-0.25, -0.2) is 0 Å². The molecule has 132 valence electrons. The summed E-state index contributed by atoms with van der Waals surface area (Å²) in [6.45, 7) is 4.59. The van der Waals surface area contributed by atoms with Crippen LogP contribution in [0, 0.1) is 12.8 Å². The molecule has 0 aromatic carbocycles. The van der Waals surface area contributed by atoms with E-state index in [9.17, 15) is 4.79 Å². The van der Waals surface area contributed by atoms with Crippen LogP contribution >= 0.6 is 0 Å². The first-order valence-electron chi connectivity index (χ1n) is 9.16. The average Bonchev–Trinajstić information content (AvgIpc) is 2.89. The van der Waals surface area contributed by atoms with Gasteiger partial charge in [-0.2, -0.15) is 0 Å². The van der Waals surface area contributed by atoms with Gasteiger partial charge in [0.25, 0.3) is 0 Å². The number of aromatic nitrogens is 2. The van der Waals surface area contributed by atoms with Crippen molar-refractivity contribution in [2.24, 2.45) is 5.92 Å². The molecule has 0 unspecified atom stereocenters. The lowest BCUT2D eigenvalue weighted by Gasteiger charge is -2.32. The number of hydrogen-bond acceptors (Lipinski definition) is 3. The van der Waals surface area contributed by atoms with Crippen molar-refractivity contribution >= 4 is 5.91 Å². The fourth-order valence-electron chi connectivity index (χ4n) is 3.62. The number of carbonyl (C=O) groups excluding carboxylic acids is 1. The molecule has 0 bridgehead atoms. The van der Waals surface area contributed by atoms with E-state index in [0.717, 1.165) is 30.8 Å². The van der Waals surface area contributed by atoms with Gasteiger partial charge in [0, 0.05) is 30.0 Å². The summed E-state index contributed by atoms with van der Waals surface area (Å²) < 4.78 is 8.38. The van der Waals surface area contributed by atoms with Gasteiger partial charge >= 0.3 is 0 Å². The Morgan fingerprint density at radius 2 is 2.12 bits per heavy atom. The molecule has 2 aliphatic rings. The van der Waals surface area contributed by atoms with Gasteiger partial charge < -0.3 is 14.2 Å². The van der Waals surface area contributed by atoms with Crippen molar-refractivity contribution in [2.75, 3.05) is 6.54 Å². The highest BCUT2D eigenvalue weighted by molar-refractivity contribution is 5.79. The van der Waals surface area contributed by atoms with Crippen LogP contribution in [0.1, 0.15) is 36.3 Å². The smallest absolute Gasteiger partial charge is 0.226 e. The Kier molecular flexibility index (Phi) is 4.57. The topological polar surface area (TPSA) is 47.4 Å². The van der Waals surface area contributed by atoms with E-state index in [-0.39, 0.29) is 12.0 Å². The Morgan fingerprint density at radius 3 is 2.88 bits per heavy atom. The van der Waals surface area contributed by atoms with Crippen LogP contribution in [0.25, 0.3) is 0 Å². The molecular formula is C20H25N3O2. The number of aryl methyl sites for hydroxylation is 1. The second-order valence-corrected chi connectivity index (χ2v) is 7.20. The molecule has 5 nitrogen and oxygen atoms in total. The van der Waals surface area contributed by atoms with E-state index in [1.807, 2.05) is 36.1 Å². The van der Waals surface area contributed by atoms with Crippen LogP contribution in [0.5, 0.6) is 0 Å². The highest BCUT2D eigenvalue weighted by atomic mass is 16.5. The highest BCUT2D eigenvalue weighted by Gasteiger charge is 2.32. The first-order chi connectivity index (χ1) is 12.2. The van der Waals surface area contributed by atoms with Gasteiger partial charge in [0.2, 0.25) is 5.91 Å². The van der Waals surface area contributed by atoms with Crippen LogP contribution in [0.3, 0.4) is 0 Å². The maximum absolute atomic E-state index is 12.8. The lowest BCUT2D eigenvalue weighted by molar-refractivity contribution is -0.140. The Hall–Kier alpha value is -2.14. The monoisotopic (exact) mass is 339 g/mol. The fourth-order valence-corrected chi connectivity index (χ4v) is 3.62. The lowest BCUT2D eigenvalue weighted by atomic mass is 9.84. The largest absolute Gasteiger partial charge is 0.368 e. The van der Waals surface area contributed by atoms with Crippen molar-refractivity contribution in [3.05, 3.63) is 53.6 Å². The SMILES string of the molecule is Cc1cccc(CO[C@H]2CN(C(=O)C3CCC3)Cc3cccn3C2)n1. The van der Waals surface area contributed by atoms with Crippen molar-refractivity contribution < 1.29 is 9.53 Å². The molecule has 1 fully saturated rings. The van der Waals surface area contributed by atoms with E-state index < -0.39 is 0 Å². The molecular weight excluding hydrogens is 314 g/mol. The average molecular weight is 339 g/mol. The summed E-state index contributed by atoms with van der Waals surface area (Å²) >= 11 is 0. The number of amides is 1. The van der Waals surface area contributed by atoms with E-state index in [2.05, 4.69) is 21.8 Å². The third-order valence-electron chi connectivity index (χ3n) is 5.28. The van der Waals surface area contributed by atoms with E-state index in [0.29, 0.717) is 25.6 Å². The Labute approximate surface area is 148 Å². The summed E-state index contributed by atoms with van der Waals surface area (Å²) in [6, 6.07) is 10.1. The third kappa shape index (κ3) is 3.61. The highest BCUT2D eigenvalue weighted by Crippen LogP contribution is 2.29. The quantitative estimate of drug-likeness (QED) is 0.860. The summed E-state index contributed by atoms with van der Waals surface area (Å²) in [5, 5.41) is 0. The van der Waals surface area contributed by atoms with Gasteiger partial charge in [-0.1, -0.05) is 12.5 Å². The number of fused-ring (bicyclic) bond motifs is 1. The number of nitrogens with zero attached hydrogens (tertiary/aromatic N) is 3. The predicted octanol–water partition coefficient (Wildman–Crippen LogP) is 2.92. The van der Waals surface area contributed by atoms with Crippen molar-refractivity contribution in [1.82, 2.24) is 14.5 Å². The number of rotatable bonds is 4. The minimum Gasteiger partial charge on any atom is -0.368 e. The van der Waals surface area contributed by atoms with E-state index >= 15 is 0 Å². The second-order valence-electron chi connectivity index (χ2n) is 7.20. The Balaban J connectivity index is 1.47. The maximum Gasteiger partial charge on any atom is 0.226 e. The summed E-state index contributed by atoms with van der Waals surface area (Å²) in [7, 11) is 0. The minimum absolute atomic E-state index is 0.0139. The van der Waals surface area contributed by atoms with E-state index in [1.54, 1.807) is 0 Å². The minimum atomic E-state index is -0.0139. The summed E-state index contributed by atoms with van der Waals surface area (Å²) in [5.74, 6) is 0.517. The summed E-state index contributed by atoms with van der Waals surface area (Å²) in [5.41, 5.74) is 3.12. The molecule has 1 saturated carbocycles. The molecule has 0 saturated heterocycles. The maximum atomic E-state index is 12.8. The van der Waals surface area contributed by atoms with Crippen LogP contribution < -0.4 is 0 Å². The molecule has 4 rings (SSSR count). The molecule has 1 aliphatic carbocycles. The number of carbonyl (C=O) groups is 1. The van der Waals surface area contributed by atoms with Gasteiger partial charge in [-0.3, -0.25) is 9.78 Å². The van der Waals surface area contributed by atoms with Crippen LogP contribution in [-0.4, -0.2) is 33.0 Å². The van der Waals surface area contributed by atoms with Crippen LogP contribution in [-0.2, 0) is 29.2 Å². The van der Waals surface area contributed by atoms with E-state index in [4.69, 9.17) is 4.74 Å². The molecule has 2 aromatic rings.